The standard InChI is InChI=1S/C6H7ClO2/c7-5-2-1-4-3-8-6(5)9-4/h1-2,4-6H,3H2/t4-,5+,6+/m0/s1. The Morgan fingerprint density at radius 3 is 3.11 bits per heavy atom. The second-order valence-electron chi connectivity index (χ2n) is 2.21. The summed E-state index contributed by atoms with van der Waals surface area (Å²) in [6.07, 6.45) is 3.83. The number of hydrogen-bond acceptors (Lipinski definition) is 2. The second kappa shape index (κ2) is 1.97. The van der Waals surface area contributed by atoms with Crippen molar-refractivity contribution in [2.45, 2.75) is 17.8 Å². The fraction of sp³-hybridized carbons (Fsp3) is 0.667. The third-order valence-electron chi connectivity index (χ3n) is 1.50. The van der Waals surface area contributed by atoms with Gasteiger partial charge in [-0.05, 0) is 0 Å². The first-order valence-corrected chi connectivity index (χ1v) is 3.39. The molecule has 3 heteroatoms. The molecule has 2 rings (SSSR count). The summed E-state index contributed by atoms with van der Waals surface area (Å²) >= 11 is 5.77. The van der Waals surface area contributed by atoms with Gasteiger partial charge in [-0.15, -0.1) is 11.6 Å². The number of halogens is 1. The van der Waals surface area contributed by atoms with Gasteiger partial charge in [-0.3, -0.25) is 0 Å². The van der Waals surface area contributed by atoms with Crippen LogP contribution in [0.25, 0.3) is 0 Å². The molecule has 0 radical (unpaired) electrons. The molecule has 2 aliphatic heterocycles. The summed E-state index contributed by atoms with van der Waals surface area (Å²) in [5.41, 5.74) is 0. The highest BCUT2D eigenvalue weighted by Gasteiger charge is 2.32. The van der Waals surface area contributed by atoms with Crippen molar-refractivity contribution in [2.75, 3.05) is 6.61 Å². The van der Waals surface area contributed by atoms with Crippen LogP contribution in [0.2, 0.25) is 0 Å². The fourth-order valence-electron chi connectivity index (χ4n) is 1.03. The summed E-state index contributed by atoms with van der Waals surface area (Å²) in [4.78, 5) is 0. The van der Waals surface area contributed by atoms with Gasteiger partial charge in [0.2, 0.25) is 0 Å². The predicted molar refractivity (Wildman–Crippen MR) is 33.4 cm³/mol. The van der Waals surface area contributed by atoms with Gasteiger partial charge in [0.1, 0.15) is 11.5 Å². The third-order valence-corrected chi connectivity index (χ3v) is 1.85. The largest absolute Gasteiger partial charge is 0.348 e. The summed E-state index contributed by atoms with van der Waals surface area (Å²) in [6, 6.07) is 0. The molecule has 2 aliphatic rings. The van der Waals surface area contributed by atoms with Crippen LogP contribution in [0, 0.1) is 0 Å². The van der Waals surface area contributed by atoms with Crippen molar-refractivity contribution in [1.29, 1.82) is 0 Å². The molecule has 0 aliphatic carbocycles. The maximum atomic E-state index is 5.77. The molecular weight excluding hydrogens is 140 g/mol. The molecule has 0 amide bonds. The molecule has 0 aromatic rings. The molecule has 0 saturated carbocycles. The number of alkyl halides is 1. The Hall–Kier alpha value is -0.0500. The minimum absolute atomic E-state index is 0.0938. The van der Waals surface area contributed by atoms with E-state index >= 15 is 0 Å². The quantitative estimate of drug-likeness (QED) is 0.374. The van der Waals surface area contributed by atoms with E-state index in [0.717, 1.165) is 0 Å². The van der Waals surface area contributed by atoms with Crippen LogP contribution in [-0.2, 0) is 9.47 Å². The first-order chi connectivity index (χ1) is 4.36. The molecule has 2 nitrogen and oxygen atoms in total. The Labute approximate surface area is 58.4 Å². The molecule has 0 aromatic heterocycles. The van der Waals surface area contributed by atoms with Crippen molar-refractivity contribution in [3.63, 3.8) is 0 Å². The molecule has 2 heterocycles. The zero-order chi connectivity index (χ0) is 6.27. The van der Waals surface area contributed by atoms with Gasteiger partial charge in [-0.25, -0.2) is 0 Å². The first-order valence-electron chi connectivity index (χ1n) is 2.96. The molecule has 9 heavy (non-hydrogen) atoms. The summed E-state index contributed by atoms with van der Waals surface area (Å²) in [6.45, 7) is 0.657. The lowest BCUT2D eigenvalue weighted by Gasteiger charge is -2.16. The highest BCUT2D eigenvalue weighted by molar-refractivity contribution is 6.22. The number of ether oxygens (including phenoxy) is 2. The molecular formula is C6H7ClO2. The first kappa shape index (κ1) is 5.71. The lowest BCUT2D eigenvalue weighted by molar-refractivity contribution is -0.0492. The normalized spacial score (nSPS) is 47.9. The fourth-order valence-corrected chi connectivity index (χ4v) is 1.25. The van der Waals surface area contributed by atoms with Crippen molar-refractivity contribution in [3.8, 4) is 0 Å². The van der Waals surface area contributed by atoms with Crippen LogP contribution < -0.4 is 0 Å². The summed E-state index contributed by atoms with van der Waals surface area (Å²) in [5.74, 6) is 0. The molecule has 0 aromatic carbocycles. The zero-order valence-corrected chi connectivity index (χ0v) is 5.54. The summed E-state index contributed by atoms with van der Waals surface area (Å²) < 4.78 is 10.4. The van der Waals surface area contributed by atoms with E-state index < -0.39 is 0 Å². The summed E-state index contributed by atoms with van der Waals surface area (Å²) in [5, 5.41) is -0.0938. The van der Waals surface area contributed by atoms with Crippen molar-refractivity contribution in [2.24, 2.45) is 0 Å². The average Bonchev–Trinajstić information content (AvgIpc) is 2.25. The van der Waals surface area contributed by atoms with Gasteiger partial charge in [-0.1, -0.05) is 12.2 Å². The molecule has 3 atom stereocenters. The van der Waals surface area contributed by atoms with Gasteiger partial charge in [0.15, 0.2) is 6.29 Å². The lowest BCUT2D eigenvalue weighted by atomic mass is 10.2. The molecule has 1 fully saturated rings. The van der Waals surface area contributed by atoms with E-state index in [4.69, 9.17) is 21.1 Å². The van der Waals surface area contributed by atoms with Crippen LogP contribution in [0.1, 0.15) is 0 Å². The van der Waals surface area contributed by atoms with Crippen LogP contribution in [0.15, 0.2) is 12.2 Å². The highest BCUT2D eigenvalue weighted by atomic mass is 35.5. The van der Waals surface area contributed by atoms with Gasteiger partial charge in [0.05, 0.1) is 6.61 Å². The number of rotatable bonds is 0. The van der Waals surface area contributed by atoms with Crippen molar-refractivity contribution < 1.29 is 9.47 Å². The van der Waals surface area contributed by atoms with Crippen LogP contribution >= 0.6 is 11.6 Å². The van der Waals surface area contributed by atoms with Crippen molar-refractivity contribution >= 4 is 11.6 Å². The highest BCUT2D eigenvalue weighted by Crippen LogP contribution is 2.24. The van der Waals surface area contributed by atoms with E-state index in [1.54, 1.807) is 0 Å². The van der Waals surface area contributed by atoms with Crippen molar-refractivity contribution in [1.82, 2.24) is 0 Å². The monoisotopic (exact) mass is 146 g/mol. The van der Waals surface area contributed by atoms with Gasteiger partial charge in [-0.2, -0.15) is 0 Å². The van der Waals surface area contributed by atoms with Crippen molar-refractivity contribution in [3.05, 3.63) is 12.2 Å². The van der Waals surface area contributed by atoms with E-state index in [9.17, 15) is 0 Å². The van der Waals surface area contributed by atoms with Gasteiger partial charge in [0, 0.05) is 0 Å². The molecule has 2 bridgehead atoms. The molecule has 0 N–H and O–H groups in total. The Bertz CT molecular complexity index is 146. The summed E-state index contributed by atoms with van der Waals surface area (Å²) in [7, 11) is 0. The Kier molecular flexibility index (Phi) is 1.25. The Morgan fingerprint density at radius 1 is 1.44 bits per heavy atom. The molecule has 1 saturated heterocycles. The predicted octanol–water partition coefficient (Wildman–Crippen LogP) is 0.905. The smallest absolute Gasteiger partial charge is 0.178 e. The zero-order valence-electron chi connectivity index (χ0n) is 4.79. The van der Waals surface area contributed by atoms with Crippen LogP contribution in [0.5, 0.6) is 0 Å². The number of hydrogen-bond donors (Lipinski definition) is 0. The Balaban J connectivity index is 2.19. The van der Waals surface area contributed by atoms with Crippen LogP contribution in [-0.4, -0.2) is 24.4 Å². The lowest BCUT2D eigenvalue weighted by Crippen LogP contribution is -2.24. The average molecular weight is 147 g/mol. The Morgan fingerprint density at radius 2 is 2.33 bits per heavy atom. The van der Waals surface area contributed by atoms with E-state index in [1.807, 2.05) is 12.2 Å². The van der Waals surface area contributed by atoms with Gasteiger partial charge in [0.25, 0.3) is 0 Å². The minimum atomic E-state index is -0.193. The molecule has 0 unspecified atom stereocenters. The second-order valence-corrected chi connectivity index (χ2v) is 2.71. The topological polar surface area (TPSA) is 18.5 Å². The molecule has 0 spiro atoms. The van der Waals surface area contributed by atoms with Gasteiger partial charge < -0.3 is 9.47 Å². The van der Waals surface area contributed by atoms with Gasteiger partial charge >= 0.3 is 0 Å². The van der Waals surface area contributed by atoms with E-state index in [0.29, 0.717) is 6.61 Å². The SMILES string of the molecule is Cl[C@@H]1C=C[C@H]2CO[C@@H]1O2. The third kappa shape index (κ3) is 0.874. The van der Waals surface area contributed by atoms with E-state index in [2.05, 4.69) is 0 Å². The van der Waals surface area contributed by atoms with Crippen LogP contribution in [0.3, 0.4) is 0 Å². The van der Waals surface area contributed by atoms with E-state index in [-0.39, 0.29) is 17.8 Å². The maximum absolute atomic E-state index is 5.77. The van der Waals surface area contributed by atoms with E-state index in [1.165, 1.54) is 0 Å². The maximum Gasteiger partial charge on any atom is 0.178 e. The van der Waals surface area contributed by atoms with Crippen LogP contribution in [0.4, 0.5) is 0 Å². The molecule has 50 valence electrons. The number of fused-ring (bicyclic) bond motifs is 2. The minimum Gasteiger partial charge on any atom is -0.348 e.